The highest BCUT2D eigenvalue weighted by atomic mass is 32.5. The number of aliphatic hydroxyl groups is 1. The van der Waals surface area contributed by atoms with Gasteiger partial charge in [-0.05, 0) is 6.07 Å². The minimum absolute atomic E-state index is 0.171. The van der Waals surface area contributed by atoms with Crippen molar-refractivity contribution < 1.29 is 19.0 Å². The van der Waals surface area contributed by atoms with Crippen molar-refractivity contribution in [1.29, 1.82) is 0 Å². The van der Waals surface area contributed by atoms with Crippen LogP contribution in [0, 0.1) is 0 Å². The van der Waals surface area contributed by atoms with Gasteiger partial charge < -0.3 is 19.0 Å². The first-order valence-corrected chi connectivity index (χ1v) is 6.45. The second-order valence-corrected chi connectivity index (χ2v) is 5.38. The third kappa shape index (κ3) is 3.04. The Bertz CT molecular complexity index is 355. The van der Waals surface area contributed by atoms with Gasteiger partial charge in [0.1, 0.15) is 5.75 Å². The fourth-order valence-corrected chi connectivity index (χ4v) is 1.63. The lowest BCUT2D eigenvalue weighted by Gasteiger charge is -2.15. The minimum Gasteiger partial charge on any atom is -0.424 e. The van der Waals surface area contributed by atoms with Crippen LogP contribution in [0.25, 0.3) is 0 Å². The summed E-state index contributed by atoms with van der Waals surface area (Å²) in [4.78, 5) is 9.40. The van der Waals surface area contributed by atoms with Crippen molar-refractivity contribution in [3.05, 3.63) is 29.8 Å². The van der Waals surface area contributed by atoms with Gasteiger partial charge in [0, 0.05) is 24.5 Å². The first-order valence-electron chi connectivity index (χ1n) is 3.86. The van der Waals surface area contributed by atoms with Crippen LogP contribution in [0.2, 0.25) is 0 Å². The normalized spacial score (nSPS) is 14.8. The highest BCUT2D eigenvalue weighted by Crippen LogP contribution is 2.44. The first-order chi connectivity index (χ1) is 6.59. The van der Waals surface area contributed by atoms with E-state index in [4.69, 9.17) is 9.63 Å². The summed E-state index contributed by atoms with van der Waals surface area (Å²) in [7, 11) is 1.28. The van der Waals surface area contributed by atoms with E-state index in [0.29, 0.717) is 11.3 Å². The van der Waals surface area contributed by atoms with Crippen molar-refractivity contribution in [2.45, 2.75) is 6.61 Å². The van der Waals surface area contributed by atoms with Gasteiger partial charge >= 0.3 is 6.72 Å². The highest BCUT2D eigenvalue weighted by molar-refractivity contribution is 8.07. The largest absolute Gasteiger partial charge is 0.424 e. The molecule has 1 atom stereocenters. The molecule has 0 aliphatic heterocycles. The molecule has 14 heavy (non-hydrogen) atoms. The van der Waals surface area contributed by atoms with E-state index < -0.39 is 6.72 Å². The molecule has 2 N–H and O–H groups in total. The molecule has 4 nitrogen and oxygen atoms in total. The molecule has 0 amide bonds. The van der Waals surface area contributed by atoms with E-state index in [0.717, 1.165) is 0 Å². The van der Waals surface area contributed by atoms with Crippen LogP contribution < -0.4 is 4.52 Å². The average molecular weight is 234 g/mol. The third-order valence-corrected chi connectivity index (χ3v) is 3.15. The monoisotopic (exact) mass is 234 g/mol. The Balaban J connectivity index is 2.91. The number of benzene rings is 1. The summed E-state index contributed by atoms with van der Waals surface area (Å²) in [6.07, 6.45) is 0. The molecule has 1 rings (SSSR count). The Labute approximate surface area is 87.4 Å². The average Bonchev–Trinajstić information content (AvgIpc) is 2.18. The second-order valence-electron chi connectivity index (χ2n) is 2.51. The number of rotatable bonds is 4. The lowest BCUT2D eigenvalue weighted by atomic mass is 10.2. The van der Waals surface area contributed by atoms with Gasteiger partial charge in [-0.15, -0.1) is 0 Å². The van der Waals surface area contributed by atoms with E-state index in [1.165, 1.54) is 7.11 Å². The maximum atomic E-state index is 9.40. The van der Waals surface area contributed by atoms with E-state index in [1.807, 2.05) is 0 Å². The molecule has 6 heteroatoms. The molecule has 0 radical (unpaired) electrons. The van der Waals surface area contributed by atoms with Gasteiger partial charge in [0.2, 0.25) is 0 Å². The maximum Gasteiger partial charge on any atom is 0.377 e. The molecule has 0 aliphatic carbocycles. The first kappa shape index (κ1) is 11.6. The molecule has 0 saturated carbocycles. The van der Waals surface area contributed by atoms with Gasteiger partial charge in [0.15, 0.2) is 0 Å². The van der Waals surface area contributed by atoms with Crippen molar-refractivity contribution in [2.24, 2.45) is 0 Å². The zero-order chi connectivity index (χ0) is 10.6. The van der Waals surface area contributed by atoms with E-state index >= 15 is 0 Å². The Morgan fingerprint density at radius 3 is 2.64 bits per heavy atom. The summed E-state index contributed by atoms with van der Waals surface area (Å²) >= 11 is 4.67. The van der Waals surface area contributed by atoms with E-state index in [1.54, 1.807) is 24.3 Å². The second kappa shape index (κ2) is 4.87. The van der Waals surface area contributed by atoms with Crippen molar-refractivity contribution in [1.82, 2.24) is 0 Å². The van der Waals surface area contributed by atoms with Crippen LogP contribution in [-0.4, -0.2) is 17.1 Å². The summed E-state index contributed by atoms with van der Waals surface area (Å²) in [5.41, 5.74) is 0.563. The van der Waals surface area contributed by atoms with E-state index in [9.17, 15) is 4.89 Å². The lowest BCUT2D eigenvalue weighted by Crippen LogP contribution is -1.96. The van der Waals surface area contributed by atoms with Crippen molar-refractivity contribution >= 4 is 18.5 Å². The summed E-state index contributed by atoms with van der Waals surface area (Å²) < 4.78 is 9.69. The number of hydrogen-bond acceptors (Lipinski definition) is 4. The van der Waals surface area contributed by atoms with Gasteiger partial charge in [0.05, 0.1) is 6.61 Å². The van der Waals surface area contributed by atoms with Crippen LogP contribution in [0.1, 0.15) is 5.56 Å². The van der Waals surface area contributed by atoms with Crippen LogP contribution >= 0.6 is 6.72 Å². The highest BCUT2D eigenvalue weighted by Gasteiger charge is 2.15. The molecule has 0 heterocycles. The molecule has 0 aromatic heterocycles. The molecule has 0 spiro atoms. The topological polar surface area (TPSA) is 58.9 Å². The minimum atomic E-state index is -3.21. The smallest absolute Gasteiger partial charge is 0.377 e. The van der Waals surface area contributed by atoms with Crippen LogP contribution in [0.3, 0.4) is 0 Å². The Morgan fingerprint density at radius 2 is 2.07 bits per heavy atom. The van der Waals surface area contributed by atoms with Gasteiger partial charge in [0.25, 0.3) is 0 Å². The predicted molar refractivity (Wildman–Crippen MR) is 56.5 cm³/mol. The predicted octanol–water partition coefficient (Wildman–Crippen LogP) is 1.42. The molecule has 78 valence electrons. The zero-order valence-electron chi connectivity index (χ0n) is 7.58. The summed E-state index contributed by atoms with van der Waals surface area (Å²) in [5.74, 6) is 0.350. The SMILES string of the molecule is COP(O)(=S)Oc1ccccc1CO. The van der Waals surface area contributed by atoms with Crippen LogP contribution in [0.4, 0.5) is 0 Å². The molecular formula is C8H11O4PS. The Hall–Kier alpha value is -0.450. The van der Waals surface area contributed by atoms with E-state index in [-0.39, 0.29) is 6.61 Å². The molecule has 0 fully saturated rings. The third-order valence-electron chi connectivity index (χ3n) is 1.59. The molecule has 1 aromatic rings. The summed E-state index contributed by atoms with van der Waals surface area (Å²) in [6, 6.07) is 6.77. The lowest BCUT2D eigenvalue weighted by molar-refractivity contribution is 0.273. The zero-order valence-corrected chi connectivity index (χ0v) is 9.29. The molecule has 1 aromatic carbocycles. The molecular weight excluding hydrogens is 223 g/mol. The van der Waals surface area contributed by atoms with Gasteiger partial charge in [-0.1, -0.05) is 18.2 Å². The fraction of sp³-hybridized carbons (Fsp3) is 0.250. The van der Waals surface area contributed by atoms with Gasteiger partial charge in [-0.2, -0.15) is 0 Å². The summed E-state index contributed by atoms with van der Waals surface area (Å²) in [6.45, 7) is -3.38. The van der Waals surface area contributed by atoms with Gasteiger partial charge in [-0.25, -0.2) is 0 Å². The van der Waals surface area contributed by atoms with Crippen molar-refractivity contribution in [3.63, 3.8) is 0 Å². The van der Waals surface area contributed by atoms with Crippen molar-refractivity contribution in [3.8, 4) is 5.75 Å². The maximum absolute atomic E-state index is 9.40. The van der Waals surface area contributed by atoms with Crippen molar-refractivity contribution in [2.75, 3.05) is 7.11 Å². The fourth-order valence-electron chi connectivity index (χ4n) is 0.885. The summed E-state index contributed by atoms with van der Waals surface area (Å²) in [5, 5.41) is 8.96. The number of aliphatic hydroxyl groups excluding tert-OH is 1. The standard InChI is InChI=1S/C8H11O4PS/c1-11-13(10,14)12-8-5-3-2-4-7(8)6-9/h2-5,9H,6H2,1H3,(H,10,14). The van der Waals surface area contributed by atoms with Crippen LogP contribution in [0.5, 0.6) is 5.75 Å². The molecule has 1 unspecified atom stereocenters. The number of para-hydroxylation sites is 1. The van der Waals surface area contributed by atoms with Gasteiger partial charge in [-0.3, -0.25) is 0 Å². The Kier molecular flexibility index (Phi) is 4.04. The van der Waals surface area contributed by atoms with Crippen LogP contribution in [0.15, 0.2) is 24.3 Å². The molecule has 0 aliphatic rings. The van der Waals surface area contributed by atoms with E-state index in [2.05, 4.69) is 16.3 Å². The van der Waals surface area contributed by atoms with Crippen LogP contribution in [-0.2, 0) is 22.9 Å². The quantitative estimate of drug-likeness (QED) is 0.771. The Morgan fingerprint density at radius 1 is 1.43 bits per heavy atom. The molecule has 0 saturated heterocycles. The number of hydrogen-bond donors (Lipinski definition) is 2. The molecule has 0 bridgehead atoms.